The molecule has 2 aromatic rings. The highest BCUT2D eigenvalue weighted by molar-refractivity contribution is 5.60. The highest BCUT2D eigenvalue weighted by Gasteiger charge is 2.12. The summed E-state index contributed by atoms with van der Waals surface area (Å²) in [5.41, 5.74) is 3.42. The monoisotopic (exact) mass is 287 g/mol. The summed E-state index contributed by atoms with van der Waals surface area (Å²) < 4.78 is 13.8. The second kappa shape index (κ2) is 6.66. The molecule has 21 heavy (non-hydrogen) atoms. The number of hydrogen-bond donors (Lipinski definition) is 1. The molecular weight excluding hydrogens is 265 g/mol. The summed E-state index contributed by atoms with van der Waals surface area (Å²) in [6.07, 6.45) is 1.86. The minimum atomic E-state index is -0.224. The van der Waals surface area contributed by atoms with Gasteiger partial charge in [0.15, 0.2) is 5.82 Å². The molecule has 0 spiro atoms. The molecule has 3 nitrogen and oxygen atoms in total. The second-order valence-corrected chi connectivity index (χ2v) is 5.21. The molecule has 0 aliphatic heterocycles. The van der Waals surface area contributed by atoms with Gasteiger partial charge in [-0.1, -0.05) is 26.0 Å². The van der Waals surface area contributed by atoms with Gasteiger partial charge in [0.25, 0.3) is 0 Å². The van der Waals surface area contributed by atoms with Crippen molar-refractivity contribution in [1.82, 2.24) is 9.97 Å². The Labute approximate surface area is 125 Å². The largest absolute Gasteiger partial charge is 0.370 e. The molecule has 1 aromatic heterocycles. The Kier molecular flexibility index (Phi) is 4.89. The summed E-state index contributed by atoms with van der Waals surface area (Å²) in [6.45, 7) is 8.82. The van der Waals surface area contributed by atoms with Gasteiger partial charge < -0.3 is 5.32 Å². The highest BCUT2D eigenvalue weighted by atomic mass is 19.1. The number of nitrogens with one attached hydrogen (secondary N) is 1. The van der Waals surface area contributed by atoms with Crippen molar-refractivity contribution in [1.29, 1.82) is 0 Å². The van der Waals surface area contributed by atoms with Gasteiger partial charge in [-0.25, -0.2) is 14.4 Å². The molecule has 0 aliphatic rings. The number of rotatable bonds is 5. The van der Waals surface area contributed by atoms with E-state index in [4.69, 9.17) is 0 Å². The molecule has 0 fully saturated rings. The third-order valence-corrected chi connectivity index (χ3v) is 3.55. The van der Waals surface area contributed by atoms with Crippen molar-refractivity contribution in [2.24, 2.45) is 0 Å². The van der Waals surface area contributed by atoms with E-state index < -0.39 is 0 Å². The molecule has 0 bridgehead atoms. The zero-order chi connectivity index (χ0) is 15.4. The number of aromatic nitrogens is 2. The van der Waals surface area contributed by atoms with Crippen LogP contribution < -0.4 is 5.32 Å². The minimum Gasteiger partial charge on any atom is -0.370 e. The molecule has 2 rings (SSSR count). The Morgan fingerprint density at radius 3 is 2.52 bits per heavy atom. The summed E-state index contributed by atoms with van der Waals surface area (Å²) in [6, 6.07) is 5.13. The van der Waals surface area contributed by atoms with Crippen LogP contribution in [0.2, 0.25) is 0 Å². The van der Waals surface area contributed by atoms with Crippen LogP contribution in [0.25, 0.3) is 11.4 Å². The molecule has 0 aliphatic carbocycles. The lowest BCUT2D eigenvalue weighted by molar-refractivity contribution is 0.619. The zero-order valence-corrected chi connectivity index (χ0v) is 13.1. The lowest BCUT2D eigenvalue weighted by atomic mass is 10.1. The summed E-state index contributed by atoms with van der Waals surface area (Å²) in [7, 11) is 0. The number of nitrogens with zero attached hydrogens (tertiary/aromatic N) is 2. The average molecular weight is 287 g/mol. The first kappa shape index (κ1) is 15.4. The van der Waals surface area contributed by atoms with E-state index in [-0.39, 0.29) is 5.82 Å². The third kappa shape index (κ3) is 3.38. The third-order valence-electron chi connectivity index (χ3n) is 3.55. The van der Waals surface area contributed by atoms with E-state index in [1.807, 2.05) is 13.0 Å². The van der Waals surface area contributed by atoms with Crippen molar-refractivity contribution in [3.8, 4) is 11.4 Å². The Bertz CT molecular complexity index is 638. The van der Waals surface area contributed by atoms with Gasteiger partial charge >= 0.3 is 0 Å². The van der Waals surface area contributed by atoms with Crippen molar-refractivity contribution >= 4 is 5.82 Å². The van der Waals surface area contributed by atoms with Crippen molar-refractivity contribution in [2.45, 2.75) is 40.5 Å². The van der Waals surface area contributed by atoms with Gasteiger partial charge in [0.2, 0.25) is 0 Å². The minimum absolute atomic E-state index is 0.224. The Morgan fingerprint density at radius 2 is 1.90 bits per heavy atom. The fourth-order valence-corrected chi connectivity index (χ4v) is 2.18. The van der Waals surface area contributed by atoms with Gasteiger partial charge in [-0.3, -0.25) is 0 Å². The fraction of sp³-hybridized carbons (Fsp3) is 0.412. The SMILES string of the molecule is CCCNc1nc(-c2ccc(C)c(F)c2)nc(CC)c1C. The summed E-state index contributed by atoms with van der Waals surface area (Å²) in [4.78, 5) is 9.15. The average Bonchev–Trinajstić information content (AvgIpc) is 2.49. The van der Waals surface area contributed by atoms with E-state index in [9.17, 15) is 4.39 Å². The predicted molar refractivity (Wildman–Crippen MR) is 85.1 cm³/mol. The standard InChI is InChI=1S/C17H22FN3/c1-5-9-19-16-12(4)15(6-2)20-17(21-16)13-8-7-11(3)14(18)10-13/h7-8,10H,5-6,9H2,1-4H3,(H,19,20,21). The molecule has 1 heterocycles. The molecular formula is C17H22FN3. The fourth-order valence-electron chi connectivity index (χ4n) is 2.18. The van der Waals surface area contributed by atoms with Crippen molar-refractivity contribution < 1.29 is 4.39 Å². The van der Waals surface area contributed by atoms with E-state index in [0.717, 1.165) is 36.5 Å². The van der Waals surface area contributed by atoms with Crippen LogP contribution in [0.5, 0.6) is 0 Å². The lowest BCUT2D eigenvalue weighted by Crippen LogP contribution is -2.08. The van der Waals surface area contributed by atoms with E-state index in [1.54, 1.807) is 13.0 Å². The number of anilines is 1. The topological polar surface area (TPSA) is 37.8 Å². The number of aryl methyl sites for hydroxylation is 2. The molecule has 112 valence electrons. The maximum absolute atomic E-state index is 13.8. The Balaban J connectivity index is 2.49. The lowest BCUT2D eigenvalue weighted by Gasteiger charge is -2.13. The maximum Gasteiger partial charge on any atom is 0.161 e. The van der Waals surface area contributed by atoms with Crippen molar-refractivity contribution in [3.63, 3.8) is 0 Å². The van der Waals surface area contributed by atoms with Crippen LogP contribution >= 0.6 is 0 Å². The van der Waals surface area contributed by atoms with E-state index in [0.29, 0.717) is 17.0 Å². The smallest absolute Gasteiger partial charge is 0.161 e. The number of benzene rings is 1. The van der Waals surface area contributed by atoms with E-state index in [1.165, 1.54) is 6.07 Å². The second-order valence-electron chi connectivity index (χ2n) is 5.21. The highest BCUT2D eigenvalue weighted by Crippen LogP contribution is 2.24. The van der Waals surface area contributed by atoms with E-state index in [2.05, 4.69) is 29.1 Å². The first-order valence-corrected chi connectivity index (χ1v) is 7.44. The molecule has 0 atom stereocenters. The molecule has 0 unspecified atom stereocenters. The van der Waals surface area contributed by atoms with Crippen LogP contribution in [0, 0.1) is 19.7 Å². The van der Waals surface area contributed by atoms with Crippen LogP contribution in [0.3, 0.4) is 0 Å². The molecule has 0 saturated heterocycles. The van der Waals surface area contributed by atoms with Crippen LogP contribution in [-0.4, -0.2) is 16.5 Å². The van der Waals surface area contributed by atoms with Crippen molar-refractivity contribution in [2.75, 3.05) is 11.9 Å². The number of halogens is 1. The van der Waals surface area contributed by atoms with Crippen LogP contribution in [-0.2, 0) is 6.42 Å². The first-order chi connectivity index (χ1) is 10.1. The van der Waals surface area contributed by atoms with Crippen LogP contribution in [0.4, 0.5) is 10.2 Å². The Morgan fingerprint density at radius 1 is 1.14 bits per heavy atom. The Hall–Kier alpha value is -1.97. The molecule has 1 N–H and O–H groups in total. The van der Waals surface area contributed by atoms with Gasteiger partial charge in [-0.2, -0.15) is 0 Å². The first-order valence-electron chi connectivity index (χ1n) is 7.44. The van der Waals surface area contributed by atoms with Crippen LogP contribution in [0.1, 0.15) is 37.1 Å². The predicted octanol–water partition coefficient (Wildman–Crippen LogP) is 4.28. The quantitative estimate of drug-likeness (QED) is 0.891. The molecule has 1 aromatic carbocycles. The van der Waals surface area contributed by atoms with Gasteiger partial charge in [0.05, 0.1) is 0 Å². The maximum atomic E-state index is 13.8. The van der Waals surface area contributed by atoms with Gasteiger partial charge in [-0.15, -0.1) is 0 Å². The zero-order valence-electron chi connectivity index (χ0n) is 13.1. The summed E-state index contributed by atoms with van der Waals surface area (Å²) >= 11 is 0. The molecule has 4 heteroatoms. The number of hydrogen-bond acceptors (Lipinski definition) is 3. The molecule has 0 saturated carbocycles. The summed E-state index contributed by atoms with van der Waals surface area (Å²) in [5.74, 6) is 1.20. The molecule has 0 amide bonds. The van der Waals surface area contributed by atoms with Crippen molar-refractivity contribution in [3.05, 3.63) is 40.8 Å². The normalized spacial score (nSPS) is 10.7. The molecule has 0 radical (unpaired) electrons. The van der Waals surface area contributed by atoms with Gasteiger partial charge in [0.1, 0.15) is 11.6 Å². The van der Waals surface area contributed by atoms with Crippen LogP contribution in [0.15, 0.2) is 18.2 Å². The van der Waals surface area contributed by atoms with Gasteiger partial charge in [0, 0.05) is 23.4 Å². The van der Waals surface area contributed by atoms with Gasteiger partial charge in [-0.05, 0) is 38.3 Å². The summed E-state index contributed by atoms with van der Waals surface area (Å²) in [5, 5.41) is 3.33. The van der Waals surface area contributed by atoms with E-state index >= 15 is 0 Å².